The van der Waals surface area contributed by atoms with Gasteiger partial charge in [-0.25, -0.2) is 0 Å². The molecule has 0 bridgehead atoms. The number of nitrogens with two attached hydrogens (primary N) is 1. The number of amides is 2. The Kier molecular flexibility index (Phi) is 2.88. The third-order valence-corrected chi connectivity index (χ3v) is 3.10. The third kappa shape index (κ3) is 1.79. The van der Waals surface area contributed by atoms with Crippen LogP contribution in [0.15, 0.2) is 18.2 Å². The van der Waals surface area contributed by atoms with Gasteiger partial charge in [-0.3, -0.25) is 14.5 Å². The summed E-state index contributed by atoms with van der Waals surface area (Å²) in [5.41, 5.74) is 7.58. The Hall–Kier alpha value is -1.84. The van der Waals surface area contributed by atoms with Crippen LogP contribution in [-0.4, -0.2) is 23.3 Å². The predicted octanol–water partition coefficient (Wildman–Crippen LogP) is 1.76. The molecule has 0 spiro atoms. The summed E-state index contributed by atoms with van der Waals surface area (Å²) in [6, 6.07) is 5.16. The molecule has 1 unspecified atom stereocenters. The van der Waals surface area contributed by atoms with E-state index < -0.39 is 0 Å². The lowest BCUT2D eigenvalue weighted by molar-refractivity contribution is -0.130. The van der Waals surface area contributed by atoms with E-state index in [-0.39, 0.29) is 17.7 Å². The molecule has 2 N–H and O–H groups in total. The van der Waals surface area contributed by atoms with Crippen molar-refractivity contribution >= 4 is 17.5 Å². The Labute approximate surface area is 100 Å². The summed E-state index contributed by atoms with van der Waals surface area (Å²) in [6.07, 6.45) is 0.766. The number of rotatable bonds is 2. The zero-order valence-electron chi connectivity index (χ0n) is 10.1. The average Bonchev–Trinajstić information content (AvgIpc) is 2.32. The lowest BCUT2D eigenvalue weighted by Crippen LogP contribution is -2.44. The minimum atomic E-state index is -0.269. The van der Waals surface area contributed by atoms with Gasteiger partial charge in [0, 0.05) is 17.8 Å². The maximum atomic E-state index is 12.2. The summed E-state index contributed by atoms with van der Waals surface area (Å²) >= 11 is 0. The van der Waals surface area contributed by atoms with Crippen molar-refractivity contribution in [2.45, 2.75) is 26.2 Å². The van der Waals surface area contributed by atoms with Gasteiger partial charge in [0.25, 0.3) is 5.91 Å². The monoisotopic (exact) mass is 232 g/mol. The van der Waals surface area contributed by atoms with Gasteiger partial charge in [-0.2, -0.15) is 0 Å². The molecule has 90 valence electrons. The molecule has 1 aromatic carbocycles. The van der Waals surface area contributed by atoms with E-state index in [0.29, 0.717) is 17.8 Å². The number of hydrogen-bond donors (Lipinski definition) is 1. The normalized spacial score (nSPS) is 19.4. The number of nitrogens with zero attached hydrogens (tertiary/aromatic N) is 1. The third-order valence-electron chi connectivity index (χ3n) is 3.10. The topological polar surface area (TPSA) is 63.4 Å². The molecule has 1 atom stereocenters. The highest BCUT2D eigenvalue weighted by Gasteiger charge is 2.35. The molecular weight excluding hydrogens is 216 g/mol. The molecule has 17 heavy (non-hydrogen) atoms. The van der Waals surface area contributed by atoms with Crippen LogP contribution in [0.3, 0.4) is 0 Å². The second-order valence-electron chi connectivity index (χ2n) is 4.36. The van der Waals surface area contributed by atoms with E-state index in [0.717, 1.165) is 12.0 Å². The lowest BCUT2D eigenvalue weighted by Gasteiger charge is -2.30. The number of benzene rings is 1. The number of carbonyl (C=O) groups is 2. The summed E-state index contributed by atoms with van der Waals surface area (Å²) in [6.45, 7) is 4.24. The van der Waals surface area contributed by atoms with Gasteiger partial charge in [-0.05, 0) is 31.0 Å². The van der Waals surface area contributed by atoms with E-state index in [1.807, 2.05) is 13.8 Å². The molecule has 0 saturated heterocycles. The molecule has 4 heteroatoms. The number of imide groups is 1. The summed E-state index contributed by atoms with van der Waals surface area (Å²) in [4.78, 5) is 25.5. The Balaban J connectivity index is 2.51. The number of hydrogen-bond acceptors (Lipinski definition) is 3. The molecular formula is C13H16N2O2. The highest BCUT2D eigenvalue weighted by Crippen LogP contribution is 2.30. The first kappa shape index (κ1) is 11.6. The summed E-state index contributed by atoms with van der Waals surface area (Å²) in [5, 5.41) is 0. The van der Waals surface area contributed by atoms with Crippen LogP contribution >= 0.6 is 0 Å². The summed E-state index contributed by atoms with van der Waals surface area (Å²) < 4.78 is 0. The minimum absolute atomic E-state index is 0.117. The average molecular weight is 232 g/mol. The van der Waals surface area contributed by atoms with Gasteiger partial charge >= 0.3 is 0 Å². The largest absolute Gasteiger partial charge is 0.399 e. The second kappa shape index (κ2) is 4.20. The van der Waals surface area contributed by atoms with Crippen molar-refractivity contribution in [2.24, 2.45) is 0 Å². The zero-order valence-corrected chi connectivity index (χ0v) is 10.1. The highest BCUT2D eigenvalue weighted by atomic mass is 16.2. The second-order valence-corrected chi connectivity index (χ2v) is 4.36. The van der Waals surface area contributed by atoms with Crippen molar-refractivity contribution in [3.63, 3.8) is 0 Å². The maximum Gasteiger partial charge on any atom is 0.260 e. The SMILES string of the molecule is CCCN1C(=O)c2cc(N)ccc2C(C)C1=O. The minimum Gasteiger partial charge on any atom is -0.399 e. The first-order valence-electron chi connectivity index (χ1n) is 5.81. The van der Waals surface area contributed by atoms with Gasteiger partial charge < -0.3 is 5.73 Å². The smallest absolute Gasteiger partial charge is 0.260 e. The molecule has 0 aliphatic carbocycles. The Morgan fingerprint density at radius 2 is 2.06 bits per heavy atom. The van der Waals surface area contributed by atoms with Crippen LogP contribution in [0.2, 0.25) is 0 Å². The summed E-state index contributed by atoms with van der Waals surface area (Å²) in [7, 11) is 0. The van der Waals surface area contributed by atoms with Crippen molar-refractivity contribution in [1.29, 1.82) is 0 Å². The standard InChI is InChI=1S/C13H16N2O2/c1-3-6-15-12(16)8(2)10-5-4-9(14)7-11(10)13(15)17/h4-5,7-8H,3,6,14H2,1-2H3. The molecule has 0 radical (unpaired) electrons. The van der Waals surface area contributed by atoms with Crippen molar-refractivity contribution in [3.8, 4) is 0 Å². The molecule has 2 amide bonds. The Bertz CT molecular complexity index is 482. The fourth-order valence-corrected chi connectivity index (χ4v) is 2.18. The fourth-order valence-electron chi connectivity index (χ4n) is 2.18. The van der Waals surface area contributed by atoms with Crippen LogP contribution in [0.5, 0.6) is 0 Å². The van der Waals surface area contributed by atoms with E-state index in [4.69, 9.17) is 5.73 Å². The Morgan fingerprint density at radius 1 is 1.35 bits per heavy atom. The van der Waals surface area contributed by atoms with Crippen LogP contribution in [0.25, 0.3) is 0 Å². The molecule has 1 heterocycles. The van der Waals surface area contributed by atoms with E-state index in [1.54, 1.807) is 18.2 Å². The van der Waals surface area contributed by atoms with Gasteiger partial charge in [0.15, 0.2) is 0 Å². The molecule has 1 aromatic rings. The van der Waals surface area contributed by atoms with Gasteiger partial charge in [-0.1, -0.05) is 13.0 Å². The number of carbonyl (C=O) groups excluding carboxylic acids is 2. The fraction of sp³-hybridized carbons (Fsp3) is 0.385. The van der Waals surface area contributed by atoms with Crippen molar-refractivity contribution < 1.29 is 9.59 Å². The quantitative estimate of drug-likeness (QED) is 0.624. The summed E-state index contributed by atoms with van der Waals surface area (Å²) in [5.74, 6) is -0.610. The number of nitrogen functional groups attached to an aromatic ring is 1. The van der Waals surface area contributed by atoms with E-state index in [9.17, 15) is 9.59 Å². The molecule has 1 aliphatic heterocycles. The Morgan fingerprint density at radius 3 is 2.71 bits per heavy atom. The lowest BCUT2D eigenvalue weighted by atomic mass is 9.89. The zero-order chi connectivity index (χ0) is 12.6. The highest BCUT2D eigenvalue weighted by molar-refractivity contribution is 6.11. The van der Waals surface area contributed by atoms with Crippen LogP contribution in [-0.2, 0) is 4.79 Å². The molecule has 0 saturated carbocycles. The maximum absolute atomic E-state index is 12.2. The molecule has 0 aromatic heterocycles. The van der Waals surface area contributed by atoms with Crippen molar-refractivity contribution in [2.75, 3.05) is 12.3 Å². The molecule has 2 rings (SSSR count). The number of anilines is 1. The molecule has 1 aliphatic rings. The van der Waals surface area contributed by atoms with Crippen LogP contribution in [0.4, 0.5) is 5.69 Å². The van der Waals surface area contributed by atoms with Crippen LogP contribution in [0.1, 0.15) is 42.1 Å². The van der Waals surface area contributed by atoms with Gasteiger partial charge in [0.05, 0.1) is 5.92 Å². The van der Waals surface area contributed by atoms with Crippen molar-refractivity contribution in [3.05, 3.63) is 29.3 Å². The van der Waals surface area contributed by atoms with Crippen molar-refractivity contribution in [1.82, 2.24) is 4.90 Å². The van der Waals surface area contributed by atoms with E-state index in [1.165, 1.54) is 4.90 Å². The van der Waals surface area contributed by atoms with Gasteiger partial charge in [-0.15, -0.1) is 0 Å². The van der Waals surface area contributed by atoms with Gasteiger partial charge in [0.2, 0.25) is 5.91 Å². The first-order valence-corrected chi connectivity index (χ1v) is 5.81. The van der Waals surface area contributed by atoms with Crippen LogP contribution < -0.4 is 5.73 Å². The van der Waals surface area contributed by atoms with Crippen LogP contribution in [0, 0.1) is 0 Å². The van der Waals surface area contributed by atoms with E-state index in [2.05, 4.69) is 0 Å². The number of fused-ring (bicyclic) bond motifs is 1. The predicted molar refractivity (Wildman–Crippen MR) is 65.6 cm³/mol. The van der Waals surface area contributed by atoms with Gasteiger partial charge in [0.1, 0.15) is 0 Å². The molecule has 4 nitrogen and oxygen atoms in total. The molecule has 0 fully saturated rings. The van der Waals surface area contributed by atoms with E-state index >= 15 is 0 Å². The first-order chi connectivity index (χ1) is 8.06.